The number of rotatable bonds is 1. The number of imidazole rings is 1. The highest BCUT2D eigenvalue weighted by molar-refractivity contribution is 5.81. The third kappa shape index (κ3) is 1.35. The van der Waals surface area contributed by atoms with E-state index in [2.05, 4.69) is 33.2 Å². The van der Waals surface area contributed by atoms with Crippen LogP contribution in [0.2, 0.25) is 0 Å². The number of para-hydroxylation sites is 1. The number of benzene rings is 1. The highest BCUT2D eigenvalue weighted by atomic mass is 15.1. The minimum Gasteiger partial charge on any atom is -0.338 e. The average Bonchev–Trinajstić information content (AvgIpc) is 2.76. The molecule has 4 heteroatoms. The molecule has 3 rings (SSSR count). The maximum absolute atomic E-state index is 4.56. The van der Waals surface area contributed by atoms with Crippen molar-refractivity contribution in [2.75, 3.05) is 0 Å². The number of aryl methyl sites for hydroxylation is 1. The van der Waals surface area contributed by atoms with E-state index in [1.165, 1.54) is 5.56 Å². The standard InChI is InChI=1S/C12H10N4/c1-8-3-2-4-10-11(8)16-12(15-10)9-5-6-13-14-7-9/h2-7H,1H3,(H,15,16). The van der Waals surface area contributed by atoms with E-state index in [1.807, 2.05) is 18.2 Å². The van der Waals surface area contributed by atoms with Gasteiger partial charge in [-0.05, 0) is 24.6 Å². The van der Waals surface area contributed by atoms with E-state index in [0.717, 1.165) is 22.4 Å². The van der Waals surface area contributed by atoms with Crippen LogP contribution in [0.15, 0.2) is 36.7 Å². The van der Waals surface area contributed by atoms with Crippen LogP contribution in [0.4, 0.5) is 0 Å². The van der Waals surface area contributed by atoms with Crippen molar-refractivity contribution in [2.45, 2.75) is 6.92 Å². The lowest BCUT2D eigenvalue weighted by atomic mass is 10.2. The van der Waals surface area contributed by atoms with Crippen molar-refractivity contribution in [1.82, 2.24) is 20.2 Å². The zero-order chi connectivity index (χ0) is 11.0. The zero-order valence-corrected chi connectivity index (χ0v) is 8.81. The van der Waals surface area contributed by atoms with Crippen molar-refractivity contribution in [1.29, 1.82) is 0 Å². The number of hydrogen-bond donors (Lipinski definition) is 1. The molecule has 0 unspecified atom stereocenters. The van der Waals surface area contributed by atoms with Crippen LogP contribution >= 0.6 is 0 Å². The summed E-state index contributed by atoms with van der Waals surface area (Å²) in [6, 6.07) is 7.98. The molecule has 1 N–H and O–H groups in total. The van der Waals surface area contributed by atoms with Gasteiger partial charge in [0.25, 0.3) is 0 Å². The zero-order valence-electron chi connectivity index (χ0n) is 8.81. The Morgan fingerprint density at radius 3 is 2.81 bits per heavy atom. The Balaban J connectivity index is 2.23. The SMILES string of the molecule is Cc1cccc2[nH]c(-c3ccnnc3)nc12. The summed E-state index contributed by atoms with van der Waals surface area (Å²) in [4.78, 5) is 7.83. The summed E-state index contributed by atoms with van der Waals surface area (Å²) in [5, 5.41) is 7.59. The van der Waals surface area contributed by atoms with Crippen molar-refractivity contribution >= 4 is 11.0 Å². The molecule has 2 heterocycles. The van der Waals surface area contributed by atoms with E-state index in [-0.39, 0.29) is 0 Å². The topological polar surface area (TPSA) is 54.5 Å². The van der Waals surface area contributed by atoms with Gasteiger partial charge in [-0.15, -0.1) is 0 Å². The molecular formula is C12H10N4. The van der Waals surface area contributed by atoms with Gasteiger partial charge in [-0.3, -0.25) is 0 Å². The van der Waals surface area contributed by atoms with E-state index in [9.17, 15) is 0 Å². The lowest BCUT2D eigenvalue weighted by Crippen LogP contribution is -1.83. The molecule has 0 saturated heterocycles. The summed E-state index contributed by atoms with van der Waals surface area (Å²) >= 11 is 0. The van der Waals surface area contributed by atoms with Crippen molar-refractivity contribution < 1.29 is 0 Å². The second-order valence-corrected chi connectivity index (χ2v) is 3.69. The molecule has 2 aromatic heterocycles. The summed E-state index contributed by atoms with van der Waals surface area (Å²) in [5.74, 6) is 0.833. The molecule has 0 aliphatic heterocycles. The molecule has 3 aromatic rings. The van der Waals surface area contributed by atoms with E-state index in [1.54, 1.807) is 12.4 Å². The summed E-state index contributed by atoms with van der Waals surface area (Å²) in [5.41, 5.74) is 4.17. The molecule has 0 amide bonds. The van der Waals surface area contributed by atoms with Gasteiger partial charge in [0, 0.05) is 5.56 Å². The first kappa shape index (κ1) is 9.03. The Bertz CT molecular complexity index is 628. The third-order valence-corrected chi connectivity index (χ3v) is 2.57. The van der Waals surface area contributed by atoms with Gasteiger partial charge >= 0.3 is 0 Å². The monoisotopic (exact) mass is 210 g/mol. The lowest BCUT2D eigenvalue weighted by Gasteiger charge is -1.91. The van der Waals surface area contributed by atoms with Crippen LogP contribution in [0.25, 0.3) is 22.4 Å². The molecular weight excluding hydrogens is 200 g/mol. The van der Waals surface area contributed by atoms with Crippen LogP contribution in [0.3, 0.4) is 0 Å². The molecule has 0 aliphatic rings. The molecule has 0 spiro atoms. The second kappa shape index (κ2) is 3.41. The maximum atomic E-state index is 4.56. The second-order valence-electron chi connectivity index (χ2n) is 3.69. The summed E-state index contributed by atoms with van der Waals surface area (Å²) in [6.07, 6.45) is 3.36. The molecule has 4 nitrogen and oxygen atoms in total. The maximum Gasteiger partial charge on any atom is 0.140 e. The van der Waals surface area contributed by atoms with Gasteiger partial charge in [-0.1, -0.05) is 12.1 Å². The van der Waals surface area contributed by atoms with Crippen molar-refractivity contribution in [3.8, 4) is 11.4 Å². The smallest absolute Gasteiger partial charge is 0.140 e. The quantitative estimate of drug-likeness (QED) is 0.670. The number of aromatic amines is 1. The fraction of sp³-hybridized carbons (Fsp3) is 0.0833. The van der Waals surface area contributed by atoms with Gasteiger partial charge in [-0.2, -0.15) is 10.2 Å². The first-order valence-electron chi connectivity index (χ1n) is 5.07. The van der Waals surface area contributed by atoms with Gasteiger partial charge in [0.05, 0.1) is 23.4 Å². The van der Waals surface area contributed by atoms with Crippen LogP contribution in [0.5, 0.6) is 0 Å². The van der Waals surface area contributed by atoms with E-state index < -0.39 is 0 Å². The summed E-state index contributed by atoms with van der Waals surface area (Å²) in [6.45, 7) is 2.05. The van der Waals surface area contributed by atoms with E-state index >= 15 is 0 Å². The van der Waals surface area contributed by atoms with Crippen molar-refractivity contribution in [2.24, 2.45) is 0 Å². The van der Waals surface area contributed by atoms with Crippen LogP contribution in [0, 0.1) is 6.92 Å². The fourth-order valence-electron chi connectivity index (χ4n) is 1.74. The number of nitrogens with zero attached hydrogens (tertiary/aromatic N) is 3. The van der Waals surface area contributed by atoms with Crippen LogP contribution in [-0.2, 0) is 0 Å². The number of aromatic nitrogens is 4. The Kier molecular flexibility index (Phi) is 1.93. The van der Waals surface area contributed by atoms with E-state index in [4.69, 9.17) is 0 Å². The number of hydrogen-bond acceptors (Lipinski definition) is 3. The van der Waals surface area contributed by atoms with Crippen molar-refractivity contribution in [3.05, 3.63) is 42.2 Å². The number of H-pyrrole nitrogens is 1. The molecule has 16 heavy (non-hydrogen) atoms. The van der Waals surface area contributed by atoms with Crippen LogP contribution in [-0.4, -0.2) is 20.2 Å². The highest BCUT2D eigenvalue weighted by Gasteiger charge is 2.06. The van der Waals surface area contributed by atoms with Crippen molar-refractivity contribution in [3.63, 3.8) is 0 Å². The van der Waals surface area contributed by atoms with Gasteiger partial charge < -0.3 is 4.98 Å². The average molecular weight is 210 g/mol. The normalized spacial score (nSPS) is 10.8. The molecule has 1 aromatic carbocycles. The van der Waals surface area contributed by atoms with Crippen LogP contribution < -0.4 is 0 Å². The molecule has 0 atom stereocenters. The minimum absolute atomic E-state index is 0.833. The Morgan fingerprint density at radius 1 is 1.12 bits per heavy atom. The predicted octanol–water partition coefficient (Wildman–Crippen LogP) is 2.33. The number of fused-ring (bicyclic) bond motifs is 1. The molecule has 0 bridgehead atoms. The van der Waals surface area contributed by atoms with Gasteiger partial charge in [-0.25, -0.2) is 4.98 Å². The molecule has 0 fully saturated rings. The first-order valence-corrected chi connectivity index (χ1v) is 5.07. The predicted molar refractivity (Wildman–Crippen MR) is 61.9 cm³/mol. The largest absolute Gasteiger partial charge is 0.338 e. The van der Waals surface area contributed by atoms with Gasteiger partial charge in [0.1, 0.15) is 5.82 Å². The molecule has 0 radical (unpaired) electrons. The minimum atomic E-state index is 0.833. The van der Waals surface area contributed by atoms with Crippen LogP contribution in [0.1, 0.15) is 5.56 Å². The Hall–Kier alpha value is -2.23. The molecule has 0 aliphatic carbocycles. The Morgan fingerprint density at radius 2 is 2.06 bits per heavy atom. The third-order valence-electron chi connectivity index (χ3n) is 2.57. The summed E-state index contributed by atoms with van der Waals surface area (Å²) < 4.78 is 0. The molecule has 78 valence electrons. The van der Waals surface area contributed by atoms with E-state index in [0.29, 0.717) is 0 Å². The lowest BCUT2D eigenvalue weighted by molar-refractivity contribution is 1.03. The first-order chi connectivity index (χ1) is 7.84. The van der Waals surface area contributed by atoms with Gasteiger partial charge in [0.15, 0.2) is 0 Å². The summed E-state index contributed by atoms with van der Waals surface area (Å²) in [7, 11) is 0. The fourth-order valence-corrected chi connectivity index (χ4v) is 1.74. The Labute approximate surface area is 92.4 Å². The number of nitrogens with one attached hydrogen (secondary N) is 1. The molecule has 0 saturated carbocycles. The van der Waals surface area contributed by atoms with Gasteiger partial charge in [0.2, 0.25) is 0 Å². The highest BCUT2D eigenvalue weighted by Crippen LogP contribution is 2.21.